The zero-order chi connectivity index (χ0) is 9.26. The molecule has 0 aromatic carbocycles. The van der Waals surface area contributed by atoms with Crippen LogP contribution in [0.1, 0.15) is 5.82 Å². The van der Waals surface area contributed by atoms with Crippen molar-refractivity contribution in [1.29, 1.82) is 0 Å². The van der Waals surface area contributed by atoms with Crippen molar-refractivity contribution in [2.24, 2.45) is 5.73 Å². The van der Waals surface area contributed by atoms with Gasteiger partial charge in [-0.15, -0.1) is 10.2 Å². The Bertz CT molecular complexity index is 423. The predicted molar refractivity (Wildman–Crippen MR) is 47.4 cm³/mol. The van der Waals surface area contributed by atoms with Gasteiger partial charge in [-0.25, -0.2) is 0 Å². The minimum atomic E-state index is 0.382. The van der Waals surface area contributed by atoms with E-state index >= 15 is 0 Å². The third-order valence-electron chi connectivity index (χ3n) is 1.87. The van der Waals surface area contributed by atoms with Gasteiger partial charge in [-0.05, 0) is 6.07 Å². The number of methoxy groups -OCH3 is 1. The lowest BCUT2D eigenvalue weighted by molar-refractivity contribution is 0.414. The fourth-order valence-corrected chi connectivity index (χ4v) is 1.19. The minimum absolute atomic E-state index is 0.382. The molecule has 0 bridgehead atoms. The summed E-state index contributed by atoms with van der Waals surface area (Å²) in [6, 6.07) is 3.65. The number of aromatic nitrogens is 3. The Morgan fingerprint density at radius 1 is 1.54 bits per heavy atom. The molecule has 5 heteroatoms. The zero-order valence-corrected chi connectivity index (χ0v) is 7.27. The number of hydrogen-bond donors (Lipinski definition) is 1. The van der Waals surface area contributed by atoms with Gasteiger partial charge in [0.2, 0.25) is 0 Å². The van der Waals surface area contributed by atoms with Crippen molar-refractivity contribution in [3.05, 3.63) is 24.2 Å². The summed E-state index contributed by atoms with van der Waals surface area (Å²) in [7, 11) is 1.62. The number of nitrogens with two attached hydrogens (primary N) is 1. The second-order valence-corrected chi connectivity index (χ2v) is 2.62. The van der Waals surface area contributed by atoms with Gasteiger partial charge in [0.1, 0.15) is 5.75 Å². The molecule has 2 aromatic heterocycles. The van der Waals surface area contributed by atoms with E-state index in [1.165, 1.54) is 0 Å². The Hall–Kier alpha value is -1.62. The number of fused-ring (bicyclic) bond motifs is 1. The van der Waals surface area contributed by atoms with E-state index in [-0.39, 0.29) is 0 Å². The van der Waals surface area contributed by atoms with Crippen molar-refractivity contribution in [2.75, 3.05) is 7.11 Å². The first-order valence-corrected chi connectivity index (χ1v) is 3.93. The molecule has 2 N–H and O–H groups in total. The van der Waals surface area contributed by atoms with Crippen LogP contribution in [0.3, 0.4) is 0 Å². The van der Waals surface area contributed by atoms with Crippen LogP contribution in [0, 0.1) is 0 Å². The Morgan fingerprint density at radius 2 is 2.38 bits per heavy atom. The van der Waals surface area contributed by atoms with Gasteiger partial charge in [-0.1, -0.05) is 0 Å². The van der Waals surface area contributed by atoms with E-state index < -0.39 is 0 Å². The molecule has 5 nitrogen and oxygen atoms in total. The topological polar surface area (TPSA) is 65.4 Å². The van der Waals surface area contributed by atoms with Crippen molar-refractivity contribution in [2.45, 2.75) is 6.54 Å². The normalized spacial score (nSPS) is 10.6. The molecule has 0 fully saturated rings. The maximum atomic E-state index is 5.48. The van der Waals surface area contributed by atoms with E-state index in [0.717, 1.165) is 17.2 Å². The summed E-state index contributed by atoms with van der Waals surface area (Å²) >= 11 is 0. The van der Waals surface area contributed by atoms with Crippen LogP contribution in [-0.2, 0) is 6.54 Å². The van der Waals surface area contributed by atoms with Crippen molar-refractivity contribution >= 4 is 5.65 Å². The lowest BCUT2D eigenvalue weighted by Gasteiger charge is -1.99. The summed E-state index contributed by atoms with van der Waals surface area (Å²) in [4.78, 5) is 0. The highest BCUT2D eigenvalue weighted by atomic mass is 16.5. The van der Waals surface area contributed by atoms with E-state index in [9.17, 15) is 0 Å². The molecule has 2 heterocycles. The molecule has 2 aromatic rings. The van der Waals surface area contributed by atoms with Crippen molar-refractivity contribution < 1.29 is 4.74 Å². The van der Waals surface area contributed by atoms with E-state index in [0.29, 0.717) is 6.54 Å². The quantitative estimate of drug-likeness (QED) is 0.713. The van der Waals surface area contributed by atoms with Gasteiger partial charge in [0.15, 0.2) is 11.5 Å². The van der Waals surface area contributed by atoms with Crippen LogP contribution in [0.15, 0.2) is 18.3 Å². The van der Waals surface area contributed by atoms with E-state index in [1.54, 1.807) is 7.11 Å². The molecule has 0 aliphatic heterocycles. The SMILES string of the molecule is COc1ccn2c(CN)nnc2c1. The standard InChI is InChI=1S/C8H10N4O/c1-13-6-2-3-12-7(4-6)10-11-8(12)5-9/h2-4H,5,9H2,1H3. The van der Waals surface area contributed by atoms with E-state index in [4.69, 9.17) is 10.5 Å². The second kappa shape index (κ2) is 3.02. The predicted octanol–water partition coefficient (Wildman–Crippen LogP) is 0.197. The molecule has 68 valence electrons. The first-order valence-electron chi connectivity index (χ1n) is 3.93. The Kier molecular flexibility index (Phi) is 1.86. The molecule has 13 heavy (non-hydrogen) atoms. The number of hydrogen-bond acceptors (Lipinski definition) is 4. The van der Waals surface area contributed by atoms with Crippen LogP contribution in [0.4, 0.5) is 0 Å². The molecule has 0 amide bonds. The smallest absolute Gasteiger partial charge is 0.164 e. The van der Waals surface area contributed by atoms with Gasteiger partial charge < -0.3 is 10.5 Å². The number of pyridine rings is 1. The zero-order valence-electron chi connectivity index (χ0n) is 7.27. The van der Waals surface area contributed by atoms with Crippen LogP contribution >= 0.6 is 0 Å². The average Bonchev–Trinajstić information content (AvgIpc) is 2.59. The average molecular weight is 178 g/mol. The van der Waals surface area contributed by atoms with Gasteiger partial charge in [-0.3, -0.25) is 4.40 Å². The Balaban J connectivity index is 2.61. The third-order valence-corrected chi connectivity index (χ3v) is 1.87. The monoisotopic (exact) mass is 178 g/mol. The minimum Gasteiger partial charge on any atom is -0.497 e. The summed E-state index contributed by atoms with van der Waals surface area (Å²) in [6.07, 6.45) is 1.84. The first-order chi connectivity index (χ1) is 6.35. The van der Waals surface area contributed by atoms with Gasteiger partial charge in [0.05, 0.1) is 13.7 Å². The molecule has 0 unspecified atom stereocenters. The van der Waals surface area contributed by atoms with E-state index in [2.05, 4.69) is 10.2 Å². The fourth-order valence-electron chi connectivity index (χ4n) is 1.19. The highest BCUT2D eigenvalue weighted by Gasteiger charge is 2.03. The maximum Gasteiger partial charge on any atom is 0.164 e. The van der Waals surface area contributed by atoms with Crippen LogP contribution in [0.25, 0.3) is 5.65 Å². The molecule has 0 spiro atoms. The Labute approximate surface area is 75.1 Å². The van der Waals surface area contributed by atoms with Crippen molar-refractivity contribution in [3.8, 4) is 5.75 Å². The molecule has 0 atom stereocenters. The fraction of sp³-hybridized carbons (Fsp3) is 0.250. The summed E-state index contributed by atoms with van der Waals surface area (Å²) in [5.74, 6) is 1.51. The molecule has 2 rings (SSSR count). The van der Waals surface area contributed by atoms with Crippen molar-refractivity contribution in [1.82, 2.24) is 14.6 Å². The molecular weight excluding hydrogens is 168 g/mol. The van der Waals surface area contributed by atoms with Crippen molar-refractivity contribution in [3.63, 3.8) is 0 Å². The highest BCUT2D eigenvalue weighted by molar-refractivity contribution is 5.43. The van der Waals surface area contributed by atoms with Gasteiger partial charge in [-0.2, -0.15) is 0 Å². The van der Waals surface area contributed by atoms with Gasteiger partial charge >= 0.3 is 0 Å². The largest absolute Gasteiger partial charge is 0.497 e. The summed E-state index contributed by atoms with van der Waals surface area (Å²) in [5, 5.41) is 7.87. The van der Waals surface area contributed by atoms with Crippen LogP contribution in [0.5, 0.6) is 5.75 Å². The van der Waals surface area contributed by atoms with Crippen LogP contribution in [0.2, 0.25) is 0 Å². The van der Waals surface area contributed by atoms with Crippen LogP contribution in [-0.4, -0.2) is 21.7 Å². The Morgan fingerprint density at radius 3 is 3.08 bits per heavy atom. The molecule has 0 radical (unpaired) electrons. The second-order valence-electron chi connectivity index (χ2n) is 2.62. The number of ether oxygens (including phenoxy) is 1. The summed E-state index contributed by atoms with van der Waals surface area (Å²) in [5.41, 5.74) is 6.23. The number of nitrogens with zero attached hydrogens (tertiary/aromatic N) is 3. The number of rotatable bonds is 2. The van der Waals surface area contributed by atoms with Gasteiger partial charge in [0, 0.05) is 12.3 Å². The molecular formula is C8H10N4O. The van der Waals surface area contributed by atoms with Gasteiger partial charge in [0.25, 0.3) is 0 Å². The molecule has 0 saturated carbocycles. The van der Waals surface area contributed by atoms with E-state index in [1.807, 2.05) is 22.7 Å². The maximum absolute atomic E-state index is 5.48. The summed E-state index contributed by atoms with van der Waals surface area (Å²) < 4.78 is 6.89. The third kappa shape index (κ3) is 1.23. The lowest BCUT2D eigenvalue weighted by atomic mass is 10.4. The molecule has 0 saturated heterocycles. The molecule has 0 aliphatic rings. The first kappa shape index (κ1) is 8.00. The highest BCUT2D eigenvalue weighted by Crippen LogP contribution is 2.12. The summed E-state index contributed by atoms with van der Waals surface area (Å²) in [6.45, 7) is 0.382. The van der Waals surface area contributed by atoms with Crippen LogP contribution < -0.4 is 10.5 Å². The lowest BCUT2D eigenvalue weighted by Crippen LogP contribution is -2.02. The molecule has 0 aliphatic carbocycles.